The van der Waals surface area contributed by atoms with Gasteiger partial charge in [-0.15, -0.1) is 0 Å². The van der Waals surface area contributed by atoms with E-state index in [0.717, 1.165) is 10.5 Å². The third-order valence-electron chi connectivity index (χ3n) is 5.37. The summed E-state index contributed by atoms with van der Waals surface area (Å²) in [4.78, 5) is 37.9. The van der Waals surface area contributed by atoms with Crippen molar-refractivity contribution in [3.8, 4) is 17.2 Å². The van der Waals surface area contributed by atoms with E-state index >= 15 is 0 Å². The first-order chi connectivity index (χ1) is 17.0. The number of furan rings is 1. The summed E-state index contributed by atoms with van der Waals surface area (Å²) in [6.07, 6.45) is 1.55. The van der Waals surface area contributed by atoms with Crippen molar-refractivity contribution in [2.75, 3.05) is 13.9 Å². The highest BCUT2D eigenvalue weighted by molar-refractivity contribution is 6.14. The number of hydrogen-bond donors (Lipinski definition) is 1. The van der Waals surface area contributed by atoms with E-state index in [0.29, 0.717) is 22.8 Å². The highest BCUT2D eigenvalue weighted by atomic mass is 16.7. The van der Waals surface area contributed by atoms with Gasteiger partial charge in [-0.2, -0.15) is 0 Å². The van der Waals surface area contributed by atoms with E-state index in [4.69, 9.17) is 18.6 Å². The fourth-order valence-corrected chi connectivity index (χ4v) is 3.62. The molecule has 2 aliphatic rings. The van der Waals surface area contributed by atoms with Crippen molar-refractivity contribution in [1.29, 1.82) is 0 Å². The molecule has 10 heteroatoms. The third-order valence-corrected chi connectivity index (χ3v) is 5.37. The highest BCUT2D eigenvalue weighted by Gasteiger charge is 2.34. The summed E-state index contributed by atoms with van der Waals surface area (Å²) in [7, 11) is 1.23. The number of imide groups is 1. The average Bonchev–Trinajstić information content (AvgIpc) is 3.59. The molecule has 0 spiro atoms. The molecule has 3 amide bonds. The summed E-state index contributed by atoms with van der Waals surface area (Å²) in [6.45, 7) is 0.324. The lowest BCUT2D eigenvalue weighted by Gasteiger charge is -2.10. The van der Waals surface area contributed by atoms with Gasteiger partial charge >= 0.3 is 12.0 Å². The fraction of sp³-hybridized carbons (Fsp3) is 0.160. The van der Waals surface area contributed by atoms with Crippen LogP contribution in [0.3, 0.4) is 0 Å². The van der Waals surface area contributed by atoms with Crippen LogP contribution >= 0.6 is 0 Å². The molecule has 3 heterocycles. The molecule has 0 radical (unpaired) electrons. The maximum absolute atomic E-state index is 12.9. The van der Waals surface area contributed by atoms with Gasteiger partial charge in [0.05, 0.1) is 13.7 Å². The van der Waals surface area contributed by atoms with Gasteiger partial charge in [0.15, 0.2) is 11.5 Å². The fourth-order valence-electron chi connectivity index (χ4n) is 3.62. The predicted octanol–water partition coefficient (Wildman–Crippen LogP) is 3.47. The monoisotopic (exact) mass is 476 g/mol. The number of nitrogens with one attached hydrogen (secondary N) is 1. The van der Waals surface area contributed by atoms with Gasteiger partial charge in [-0.05, 0) is 42.0 Å². The average molecular weight is 476 g/mol. The Hall–Kier alpha value is -4.73. The quantitative estimate of drug-likeness (QED) is 0.313. The number of hydrogen-bond acceptors (Lipinski definition) is 8. The number of esters is 1. The number of amides is 3. The van der Waals surface area contributed by atoms with Gasteiger partial charge in [0, 0.05) is 5.56 Å². The summed E-state index contributed by atoms with van der Waals surface area (Å²) >= 11 is 0. The second kappa shape index (κ2) is 9.26. The Labute approximate surface area is 199 Å². The molecule has 35 heavy (non-hydrogen) atoms. The molecule has 3 aromatic rings. The second-order valence-electron chi connectivity index (χ2n) is 7.65. The lowest BCUT2D eigenvalue weighted by molar-refractivity contribution is -0.123. The molecule has 0 atom stereocenters. The molecule has 0 aliphatic carbocycles. The number of benzene rings is 2. The molecule has 1 fully saturated rings. The lowest BCUT2D eigenvalue weighted by Crippen LogP contribution is -2.30. The minimum Gasteiger partial charge on any atom is -0.488 e. The zero-order valence-electron chi connectivity index (χ0n) is 18.6. The number of methoxy groups -OCH3 is 1. The molecule has 10 nitrogen and oxygen atoms in total. The normalized spacial score (nSPS) is 15.5. The SMILES string of the molecule is COC(=O)c1ccc(CN2C(=O)NC(=Cc3ccccc3OCc3ccc4c(c3)OCO4)C2=O)o1. The van der Waals surface area contributed by atoms with Crippen LogP contribution in [0.15, 0.2) is 64.7 Å². The van der Waals surface area contributed by atoms with Crippen molar-refractivity contribution in [2.24, 2.45) is 0 Å². The molecule has 178 valence electrons. The lowest BCUT2D eigenvalue weighted by atomic mass is 10.1. The Balaban J connectivity index is 1.30. The largest absolute Gasteiger partial charge is 0.488 e. The topological polar surface area (TPSA) is 117 Å². The van der Waals surface area contributed by atoms with Crippen LogP contribution in [0.25, 0.3) is 6.08 Å². The highest BCUT2D eigenvalue weighted by Crippen LogP contribution is 2.33. The van der Waals surface area contributed by atoms with Crippen molar-refractivity contribution < 1.29 is 37.7 Å². The first kappa shape index (κ1) is 22.1. The Bertz CT molecular complexity index is 1340. The van der Waals surface area contributed by atoms with Crippen LogP contribution in [-0.4, -0.2) is 36.7 Å². The number of fused-ring (bicyclic) bond motifs is 1. The molecule has 1 N–H and O–H groups in total. The number of ether oxygens (including phenoxy) is 4. The first-order valence-corrected chi connectivity index (χ1v) is 10.6. The van der Waals surface area contributed by atoms with Crippen molar-refractivity contribution in [2.45, 2.75) is 13.2 Å². The van der Waals surface area contributed by atoms with Gasteiger partial charge in [0.1, 0.15) is 23.8 Å². The Morgan fingerprint density at radius 2 is 1.91 bits per heavy atom. The van der Waals surface area contributed by atoms with Crippen molar-refractivity contribution >= 4 is 24.0 Å². The second-order valence-corrected chi connectivity index (χ2v) is 7.65. The standard InChI is InChI=1S/C25H20N2O8/c1-31-24(29)21-9-7-17(35-21)12-27-23(28)18(26-25(27)30)11-16-4-2-3-5-19(16)32-13-15-6-8-20-22(10-15)34-14-33-20/h2-11H,12-14H2,1H3,(H,26,30). The van der Waals surface area contributed by atoms with Crippen LogP contribution in [0, 0.1) is 0 Å². The van der Waals surface area contributed by atoms with E-state index in [9.17, 15) is 14.4 Å². The molecule has 0 unspecified atom stereocenters. The molecule has 0 bridgehead atoms. The van der Waals surface area contributed by atoms with Crippen molar-refractivity contribution in [1.82, 2.24) is 10.2 Å². The molecule has 5 rings (SSSR count). The van der Waals surface area contributed by atoms with E-state index in [1.807, 2.05) is 24.3 Å². The minimum absolute atomic E-state index is 0.0149. The molecule has 1 saturated heterocycles. The molecular weight excluding hydrogens is 456 g/mol. The van der Waals surface area contributed by atoms with Gasteiger partial charge in [-0.25, -0.2) is 9.59 Å². The third kappa shape index (κ3) is 4.54. The Morgan fingerprint density at radius 3 is 2.77 bits per heavy atom. The van der Waals surface area contributed by atoms with Crippen LogP contribution in [0.5, 0.6) is 17.2 Å². The Morgan fingerprint density at radius 1 is 1.09 bits per heavy atom. The van der Waals surface area contributed by atoms with Gasteiger partial charge < -0.3 is 28.7 Å². The van der Waals surface area contributed by atoms with Crippen LogP contribution in [-0.2, 0) is 22.7 Å². The van der Waals surface area contributed by atoms with E-state index in [1.54, 1.807) is 24.3 Å². The summed E-state index contributed by atoms with van der Waals surface area (Å²) in [6, 6.07) is 15.0. The van der Waals surface area contributed by atoms with E-state index in [1.165, 1.54) is 19.2 Å². The van der Waals surface area contributed by atoms with Crippen LogP contribution in [0.1, 0.15) is 27.4 Å². The molecule has 0 saturated carbocycles. The van der Waals surface area contributed by atoms with Crippen LogP contribution in [0.4, 0.5) is 4.79 Å². The summed E-state index contributed by atoms with van der Waals surface area (Å²) in [5.74, 6) is 0.961. The smallest absolute Gasteiger partial charge is 0.373 e. The number of carbonyl (C=O) groups excluding carboxylic acids is 3. The van der Waals surface area contributed by atoms with Gasteiger partial charge in [-0.1, -0.05) is 24.3 Å². The van der Waals surface area contributed by atoms with E-state index in [2.05, 4.69) is 10.1 Å². The molecule has 2 aromatic carbocycles. The summed E-state index contributed by atoms with van der Waals surface area (Å²) < 4.78 is 26.7. The number of carbonyl (C=O) groups is 3. The summed E-state index contributed by atoms with van der Waals surface area (Å²) in [5, 5.41) is 2.57. The molecule has 2 aliphatic heterocycles. The van der Waals surface area contributed by atoms with E-state index < -0.39 is 17.9 Å². The van der Waals surface area contributed by atoms with Crippen LogP contribution < -0.4 is 19.5 Å². The zero-order chi connectivity index (χ0) is 24.4. The maximum atomic E-state index is 12.9. The van der Waals surface area contributed by atoms with Crippen molar-refractivity contribution in [3.05, 3.63) is 82.9 Å². The van der Waals surface area contributed by atoms with E-state index in [-0.39, 0.29) is 37.2 Å². The van der Waals surface area contributed by atoms with Crippen LogP contribution in [0.2, 0.25) is 0 Å². The number of nitrogens with zero attached hydrogens (tertiary/aromatic N) is 1. The Kier molecular flexibility index (Phi) is 5.84. The molecule has 1 aromatic heterocycles. The summed E-state index contributed by atoms with van der Waals surface area (Å²) in [5.41, 5.74) is 1.59. The van der Waals surface area contributed by atoms with Gasteiger partial charge in [0.2, 0.25) is 12.6 Å². The zero-order valence-corrected chi connectivity index (χ0v) is 18.6. The van der Waals surface area contributed by atoms with Crippen molar-refractivity contribution in [3.63, 3.8) is 0 Å². The first-order valence-electron chi connectivity index (χ1n) is 10.6. The molecular formula is C25H20N2O8. The number of urea groups is 1. The van der Waals surface area contributed by atoms with Gasteiger partial charge in [-0.3, -0.25) is 9.69 Å². The minimum atomic E-state index is -0.647. The number of rotatable bonds is 7. The van der Waals surface area contributed by atoms with Gasteiger partial charge in [0.25, 0.3) is 5.91 Å². The predicted molar refractivity (Wildman–Crippen MR) is 120 cm³/mol. The number of para-hydroxylation sites is 1. The maximum Gasteiger partial charge on any atom is 0.373 e.